The van der Waals surface area contributed by atoms with Crippen molar-refractivity contribution in [3.05, 3.63) is 34.9 Å². The highest BCUT2D eigenvalue weighted by atomic mass is 16.3. The number of aliphatic hydroxyl groups is 2. The summed E-state index contributed by atoms with van der Waals surface area (Å²) in [5.41, 5.74) is 9.63. The van der Waals surface area contributed by atoms with Crippen LogP contribution in [0.5, 0.6) is 0 Å². The largest absolute Gasteiger partial charge is 0.394 e. The summed E-state index contributed by atoms with van der Waals surface area (Å²) in [5, 5.41) is 19.1. The zero-order valence-corrected chi connectivity index (χ0v) is 16.7. The molecule has 0 aliphatic heterocycles. The van der Waals surface area contributed by atoms with Crippen molar-refractivity contribution in [1.82, 2.24) is 0 Å². The molecular weight excluding hydrogens is 322 g/mol. The fraction of sp³-hybridized carbons (Fsp3) is 0.739. The van der Waals surface area contributed by atoms with Crippen molar-refractivity contribution in [2.24, 2.45) is 5.73 Å². The van der Waals surface area contributed by atoms with Gasteiger partial charge in [0.15, 0.2) is 0 Å². The number of aryl methyl sites for hydroxylation is 2. The highest BCUT2D eigenvalue weighted by Gasteiger charge is 2.30. The summed E-state index contributed by atoms with van der Waals surface area (Å²) >= 11 is 0. The lowest BCUT2D eigenvalue weighted by Gasteiger charge is -2.30. The van der Waals surface area contributed by atoms with Crippen LogP contribution < -0.4 is 5.73 Å². The van der Waals surface area contributed by atoms with E-state index in [4.69, 9.17) is 5.73 Å². The molecule has 148 valence electrons. The molecule has 0 saturated heterocycles. The molecule has 0 fully saturated rings. The molecule has 1 aliphatic carbocycles. The molecule has 0 aromatic heterocycles. The number of nitrogens with two attached hydrogens (primary N) is 1. The zero-order valence-electron chi connectivity index (χ0n) is 16.7. The van der Waals surface area contributed by atoms with Crippen molar-refractivity contribution in [3.8, 4) is 0 Å². The first-order valence-corrected chi connectivity index (χ1v) is 10.7. The maximum absolute atomic E-state index is 9.57. The molecule has 0 heterocycles. The number of unbranched alkanes of at least 4 members (excludes halogenated alkanes) is 5. The maximum atomic E-state index is 9.57. The van der Waals surface area contributed by atoms with Crippen molar-refractivity contribution >= 4 is 0 Å². The van der Waals surface area contributed by atoms with E-state index >= 15 is 0 Å². The molecule has 0 spiro atoms. The maximum Gasteiger partial charge on any atom is 0.0633 e. The normalized spacial score (nSPS) is 17.8. The molecule has 0 bridgehead atoms. The standard InChI is InChI=1S/C23H39NO2/c1-2-3-4-5-6-7-10-19-13-14-22-20(15-19)11-8-9-12-21(22)16-23(24,17-25)18-26/h13-15,21,25-26H,2-12,16-18,24H2,1H3/t21-/m0/s1. The van der Waals surface area contributed by atoms with Crippen molar-refractivity contribution in [2.75, 3.05) is 13.2 Å². The Morgan fingerprint density at radius 2 is 1.77 bits per heavy atom. The summed E-state index contributed by atoms with van der Waals surface area (Å²) in [5.74, 6) is 0.347. The van der Waals surface area contributed by atoms with Crippen LogP contribution in [0.1, 0.15) is 93.7 Å². The molecule has 2 rings (SSSR count). The predicted molar refractivity (Wildman–Crippen MR) is 110 cm³/mol. The van der Waals surface area contributed by atoms with Gasteiger partial charge in [0.25, 0.3) is 0 Å². The van der Waals surface area contributed by atoms with E-state index in [0.717, 1.165) is 12.8 Å². The molecule has 3 heteroatoms. The van der Waals surface area contributed by atoms with Crippen LogP contribution >= 0.6 is 0 Å². The fourth-order valence-electron chi connectivity index (χ4n) is 4.28. The molecule has 26 heavy (non-hydrogen) atoms. The van der Waals surface area contributed by atoms with Crippen molar-refractivity contribution < 1.29 is 10.2 Å². The quantitative estimate of drug-likeness (QED) is 0.402. The van der Waals surface area contributed by atoms with Crippen LogP contribution in [0.15, 0.2) is 18.2 Å². The minimum absolute atomic E-state index is 0.161. The molecule has 1 aromatic carbocycles. The molecule has 1 atom stereocenters. The number of rotatable bonds is 11. The molecule has 4 N–H and O–H groups in total. The minimum Gasteiger partial charge on any atom is -0.394 e. The fourth-order valence-corrected chi connectivity index (χ4v) is 4.28. The lowest BCUT2D eigenvalue weighted by atomic mass is 9.81. The Labute approximate surface area is 160 Å². The van der Waals surface area contributed by atoms with Crippen molar-refractivity contribution in [1.29, 1.82) is 0 Å². The third kappa shape index (κ3) is 6.37. The van der Waals surface area contributed by atoms with Crippen LogP contribution in [-0.2, 0) is 12.8 Å². The average molecular weight is 362 g/mol. The predicted octanol–water partition coefficient (Wildman–Crippen LogP) is 4.47. The Balaban J connectivity index is 1.98. The van der Waals surface area contributed by atoms with E-state index in [1.807, 2.05) is 0 Å². The van der Waals surface area contributed by atoms with Gasteiger partial charge in [0.1, 0.15) is 0 Å². The second-order valence-corrected chi connectivity index (χ2v) is 8.38. The first kappa shape index (κ1) is 21.4. The Hall–Kier alpha value is -0.900. The number of benzene rings is 1. The smallest absolute Gasteiger partial charge is 0.0633 e. The average Bonchev–Trinajstić information content (AvgIpc) is 2.86. The number of aliphatic hydroxyl groups excluding tert-OH is 2. The molecule has 0 saturated carbocycles. The van der Waals surface area contributed by atoms with E-state index in [9.17, 15) is 10.2 Å². The van der Waals surface area contributed by atoms with Gasteiger partial charge in [0.05, 0.1) is 18.8 Å². The molecule has 3 nitrogen and oxygen atoms in total. The van der Waals surface area contributed by atoms with Crippen LogP contribution in [0.3, 0.4) is 0 Å². The number of hydrogen-bond acceptors (Lipinski definition) is 3. The van der Waals surface area contributed by atoms with Crippen LogP contribution in [0.4, 0.5) is 0 Å². The van der Waals surface area contributed by atoms with Gasteiger partial charge < -0.3 is 15.9 Å². The van der Waals surface area contributed by atoms with Gasteiger partial charge in [0.2, 0.25) is 0 Å². The van der Waals surface area contributed by atoms with Crippen molar-refractivity contribution in [3.63, 3.8) is 0 Å². The lowest BCUT2D eigenvalue weighted by Crippen LogP contribution is -2.48. The highest BCUT2D eigenvalue weighted by Crippen LogP contribution is 2.36. The van der Waals surface area contributed by atoms with Gasteiger partial charge in [0, 0.05) is 0 Å². The summed E-state index contributed by atoms with van der Waals surface area (Å²) in [6.45, 7) is 1.94. The second-order valence-electron chi connectivity index (χ2n) is 8.38. The van der Waals surface area contributed by atoms with Crippen molar-refractivity contribution in [2.45, 2.75) is 95.4 Å². The van der Waals surface area contributed by atoms with Gasteiger partial charge in [-0.2, -0.15) is 0 Å². The highest BCUT2D eigenvalue weighted by molar-refractivity contribution is 5.36. The van der Waals surface area contributed by atoms with Gasteiger partial charge in [-0.1, -0.05) is 63.6 Å². The third-order valence-corrected chi connectivity index (χ3v) is 6.00. The van der Waals surface area contributed by atoms with Gasteiger partial charge in [-0.05, 0) is 61.1 Å². The summed E-state index contributed by atoms with van der Waals surface area (Å²) < 4.78 is 0. The molecule has 1 aromatic rings. The Kier molecular flexibility index (Phi) is 9.10. The third-order valence-electron chi connectivity index (χ3n) is 6.00. The molecule has 0 radical (unpaired) electrons. The van der Waals surface area contributed by atoms with Gasteiger partial charge >= 0.3 is 0 Å². The van der Waals surface area contributed by atoms with E-state index in [1.165, 1.54) is 74.5 Å². The van der Waals surface area contributed by atoms with Gasteiger partial charge in [-0.25, -0.2) is 0 Å². The molecular formula is C23H39NO2. The molecule has 0 amide bonds. The Morgan fingerprint density at radius 3 is 2.50 bits per heavy atom. The number of fused-ring (bicyclic) bond motifs is 1. The Bertz CT molecular complexity index is 525. The Morgan fingerprint density at radius 1 is 1.04 bits per heavy atom. The zero-order chi connectivity index (χ0) is 18.8. The van der Waals surface area contributed by atoms with Crippen LogP contribution in [0, 0.1) is 0 Å². The van der Waals surface area contributed by atoms with Crippen LogP contribution in [-0.4, -0.2) is 29.0 Å². The van der Waals surface area contributed by atoms with Crippen LogP contribution in [0.25, 0.3) is 0 Å². The minimum atomic E-state index is -0.872. The first-order valence-electron chi connectivity index (χ1n) is 10.7. The van der Waals surface area contributed by atoms with E-state index in [-0.39, 0.29) is 13.2 Å². The molecule has 1 aliphatic rings. The SMILES string of the molecule is CCCCCCCCc1ccc2c(c1)CCCC[C@H]2CC(N)(CO)CO. The van der Waals surface area contributed by atoms with Gasteiger partial charge in [-0.3, -0.25) is 0 Å². The second kappa shape index (κ2) is 11.1. The van der Waals surface area contributed by atoms with E-state index in [1.54, 1.807) is 0 Å². The summed E-state index contributed by atoms with van der Waals surface area (Å²) in [6.07, 6.45) is 14.5. The summed E-state index contributed by atoms with van der Waals surface area (Å²) in [7, 11) is 0. The van der Waals surface area contributed by atoms with Gasteiger partial charge in [-0.15, -0.1) is 0 Å². The summed E-state index contributed by atoms with van der Waals surface area (Å²) in [4.78, 5) is 0. The van der Waals surface area contributed by atoms with E-state index in [0.29, 0.717) is 12.3 Å². The topological polar surface area (TPSA) is 66.5 Å². The van der Waals surface area contributed by atoms with E-state index < -0.39 is 5.54 Å². The lowest BCUT2D eigenvalue weighted by molar-refractivity contribution is 0.107. The first-order chi connectivity index (χ1) is 12.6. The van der Waals surface area contributed by atoms with Crippen LogP contribution in [0.2, 0.25) is 0 Å². The molecule has 0 unspecified atom stereocenters. The van der Waals surface area contributed by atoms with E-state index in [2.05, 4.69) is 25.1 Å². The monoisotopic (exact) mass is 361 g/mol. The summed E-state index contributed by atoms with van der Waals surface area (Å²) in [6, 6.07) is 7.00. The number of hydrogen-bond donors (Lipinski definition) is 3.